The highest BCUT2D eigenvalue weighted by atomic mass is 16.6. The van der Waals surface area contributed by atoms with Crippen LogP contribution in [0.2, 0.25) is 0 Å². The molecule has 0 N–H and O–H groups in total. The van der Waals surface area contributed by atoms with Crippen LogP contribution in [0.5, 0.6) is 0 Å². The van der Waals surface area contributed by atoms with E-state index in [1.807, 2.05) is 6.92 Å². The van der Waals surface area contributed by atoms with Crippen LogP contribution in [0.15, 0.2) is 0 Å². The third kappa shape index (κ3) is 1.29. The molecule has 2 bridgehead atoms. The lowest BCUT2D eigenvalue weighted by molar-refractivity contribution is -0.153. The maximum Gasteiger partial charge on any atom is 0.310 e. The lowest BCUT2D eigenvalue weighted by atomic mass is 9.75. The van der Waals surface area contributed by atoms with Gasteiger partial charge in [0.25, 0.3) is 0 Å². The Kier molecular flexibility index (Phi) is 2.21. The highest BCUT2D eigenvalue weighted by molar-refractivity contribution is 5.84. The highest BCUT2D eigenvalue weighted by Gasteiger charge is 2.50. The van der Waals surface area contributed by atoms with Crippen molar-refractivity contribution in [2.24, 2.45) is 17.8 Å². The van der Waals surface area contributed by atoms with Gasteiger partial charge in [0.05, 0.1) is 18.9 Å². The number of hydrogen-bond acceptors (Lipinski definition) is 4. The number of carbonyl (C=O) groups is 2. The largest absolute Gasteiger partial charge is 0.469 e. The van der Waals surface area contributed by atoms with Crippen molar-refractivity contribution < 1.29 is 19.1 Å². The van der Waals surface area contributed by atoms with Crippen LogP contribution < -0.4 is 0 Å². The van der Waals surface area contributed by atoms with Crippen LogP contribution in [0.3, 0.4) is 0 Å². The number of fused-ring (bicyclic) bond motifs is 2. The number of esters is 2. The summed E-state index contributed by atoms with van der Waals surface area (Å²) in [7, 11) is 1.36. The third-order valence-electron chi connectivity index (χ3n) is 3.31. The Morgan fingerprint density at radius 2 is 2.21 bits per heavy atom. The molecule has 0 aromatic heterocycles. The van der Waals surface area contributed by atoms with Crippen LogP contribution in [-0.4, -0.2) is 25.2 Å². The van der Waals surface area contributed by atoms with Gasteiger partial charge in [-0.25, -0.2) is 0 Å². The lowest BCUT2D eigenvalue weighted by Gasteiger charge is -2.27. The van der Waals surface area contributed by atoms with Crippen molar-refractivity contribution in [2.75, 3.05) is 7.11 Å². The van der Waals surface area contributed by atoms with E-state index < -0.39 is 0 Å². The quantitative estimate of drug-likeness (QED) is 0.583. The molecule has 2 aliphatic rings. The molecule has 1 saturated heterocycles. The summed E-state index contributed by atoms with van der Waals surface area (Å²) >= 11 is 0. The first-order valence-electron chi connectivity index (χ1n) is 4.91. The molecule has 1 saturated carbocycles. The lowest BCUT2D eigenvalue weighted by Crippen LogP contribution is -2.34. The van der Waals surface area contributed by atoms with Gasteiger partial charge < -0.3 is 9.47 Å². The highest BCUT2D eigenvalue weighted by Crippen LogP contribution is 2.42. The Balaban J connectivity index is 2.18. The molecule has 0 unspecified atom stereocenters. The summed E-state index contributed by atoms with van der Waals surface area (Å²) in [6.45, 7) is 2.01. The van der Waals surface area contributed by atoms with E-state index in [1.165, 1.54) is 7.11 Å². The van der Waals surface area contributed by atoms with Gasteiger partial charge in [0, 0.05) is 0 Å². The Hall–Kier alpha value is -1.06. The number of hydrogen-bond donors (Lipinski definition) is 0. The van der Waals surface area contributed by atoms with Crippen molar-refractivity contribution in [2.45, 2.75) is 25.9 Å². The third-order valence-corrected chi connectivity index (χ3v) is 3.31. The summed E-state index contributed by atoms with van der Waals surface area (Å²) in [5.74, 6) is -0.791. The number of ether oxygens (including phenoxy) is 2. The monoisotopic (exact) mass is 198 g/mol. The minimum atomic E-state index is -0.291. The smallest absolute Gasteiger partial charge is 0.310 e. The van der Waals surface area contributed by atoms with Crippen LogP contribution in [0.1, 0.15) is 19.8 Å². The molecular formula is C10H14O4. The Labute approximate surface area is 82.6 Å². The molecule has 4 atom stereocenters. The fraction of sp³-hybridized carbons (Fsp3) is 0.800. The van der Waals surface area contributed by atoms with Gasteiger partial charge in [-0.1, -0.05) is 6.92 Å². The Morgan fingerprint density at radius 3 is 2.86 bits per heavy atom. The van der Waals surface area contributed by atoms with E-state index in [2.05, 4.69) is 0 Å². The molecule has 4 nitrogen and oxygen atoms in total. The van der Waals surface area contributed by atoms with Crippen molar-refractivity contribution in [3.05, 3.63) is 0 Å². The molecule has 0 amide bonds. The summed E-state index contributed by atoms with van der Waals surface area (Å²) < 4.78 is 9.87. The summed E-state index contributed by atoms with van der Waals surface area (Å²) in [6, 6.07) is 0. The molecular weight excluding hydrogens is 184 g/mol. The standard InChI is InChI=1S/C10H14O4/c1-5-3-6(9(11)13-2)7-4-8(5)14-10(7)12/h5-8H,3-4H2,1-2H3/t5-,6-,7-,8+/m1/s1. The zero-order valence-corrected chi connectivity index (χ0v) is 8.36. The van der Waals surface area contributed by atoms with Gasteiger partial charge in [0.2, 0.25) is 0 Å². The molecule has 1 aliphatic carbocycles. The van der Waals surface area contributed by atoms with Gasteiger partial charge in [-0.15, -0.1) is 0 Å². The second-order valence-corrected chi connectivity index (χ2v) is 4.16. The molecule has 2 rings (SSSR count). The molecule has 0 radical (unpaired) electrons. The predicted octanol–water partition coefficient (Wildman–Crippen LogP) is 0.747. The first kappa shape index (κ1) is 9.49. The van der Waals surface area contributed by atoms with Crippen LogP contribution in [0, 0.1) is 17.8 Å². The molecule has 0 aromatic carbocycles. The summed E-state index contributed by atoms with van der Waals surface area (Å²) in [5.41, 5.74) is 0. The fourth-order valence-corrected chi connectivity index (χ4v) is 2.44. The van der Waals surface area contributed by atoms with E-state index in [1.54, 1.807) is 0 Å². The van der Waals surface area contributed by atoms with Crippen LogP contribution in [0.4, 0.5) is 0 Å². The zero-order chi connectivity index (χ0) is 10.3. The molecule has 2 fully saturated rings. The van der Waals surface area contributed by atoms with Gasteiger partial charge >= 0.3 is 11.9 Å². The summed E-state index contributed by atoms with van der Waals surface area (Å²) in [4.78, 5) is 22.8. The predicted molar refractivity (Wildman–Crippen MR) is 47.3 cm³/mol. The van der Waals surface area contributed by atoms with E-state index in [4.69, 9.17) is 9.47 Å². The van der Waals surface area contributed by atoms with Gasteiger partial charge in [-0.2, -0.15) is 0 Å². The van der Waals surface area contributed by atoms with Gasteiger partial charge in [-0.3, -0.25) is 9.59 Å². The molecule has 1 aliphatic heterocycles. The first-order chi connectivity index (χ1) is 6.63. The van der Waals surface area contributed by atoms with Gasteiger partial charge in [-0.05, 0) is 18.8 Å². The van der Waals surface area contributed by atoms with Crippen LogP contribution >= 0.6 is 0 Å². The molecule has 4 heteroatoms. The van der Waals surface area contributed by atoms with Crippen molar-refractivity contribution in [1.29, 1.82) is 0 Å². The molecule has 0 aromatic rings. The van der Waals surface area contributed by atoms with Gasteiger partial charge in [0.1, 0.15) is 6.10 Å². The normalized spacial score (nSPS) is 40.6. The number of rotatable bonds is 1. The van der Waals surface area contributed by atoms with Crippen LogP contribution in [0.25, 0.3) is 0 Å². The van der Waals surface area contributed by atoms with Crippen molar-refractivity contribution in [3.8, 4) is 0 Å². The molecule has 1 heterocycles. The van der Waals surface area contributed by atoms with Gasteiger partial charge in [0.15, 0.2) is 0 Å². The molecule has 0 spiro atoms. The minimum absolute atomic E-state index is 0.0217. The SMILES string of the molecule is COC(=O)[C@@H]1C[C@@H](C)[C@@H]2C[C@H]1C(=O)O2. The summed E-state index contributed by atoms with van der Waals surface area (Å²) in [5, 5.41) is 0. The van der Waals surface area contributed by atoms with E-state index in [0.29, 0.717) is 12.8 Å². The van der Waals surface area contributed by atoms with Crippen molar-refractivity contribution >= 4 is 11.9 Å². The van der Waals surface area contributed by atoms with E-state index in [9.17, 15) is 9.59 Å². The molecule has 78 valence electrons. The summed E-state index contributed by atoms with van der Waals surface area (Å²) in [6.07, 6.45) is 1.40. The maximum absolute atomic E-state index is 11.4. The molecule has 14 heavy (non-hydrogen) atoms. The second-order valence-electron chi connectivity index (χ2n) is 4.16. The van der Waals surface area contributed by atoms with Crippen molar-refractivity contribution in [1.82, 2.24) is 0 Å². The van der Waals surface area contributed by atoms with E-state index in [0.717, 1.165) is 0 Å². The van der Waals surface area contributed by atoms with Crippen LogP contribution in [-0.2, 0) is 19.1 Å². The zero-order valence-electron chi connectivity index (χ0n) is 8.36. The van der Waals surface area contributed by atoms with E-state index in [-0.39, 0.29) is 35.8 Å². The average molecular weight is 198 g/mol. The maximum atomic E-state index is 11.4. The first-order valence-corrected chi connectivity index (χ1v) is 4.91. The topological polar surface area (TPSA) is 52.6 Å². The van der Waals surface area contributed by atoms with Crippen molar-refractivity contribution in [3.63, 3.8) is 0 Å². The Morgan fingerprint density at radius 1 is 1.50 bits per heavy atom. The van der Waals surface area contributed by atoms with E-state index >= 15 is 0 Å². The average Bonchev–Trinajstić information content (AvgIpc) is 2.50. The fourth-order valence-electron chi connectivity index (χ4n) is 2.44. The minimum Gasteiger partial charge on any atom is -0.469 e. The number of methoxy groups -OCH3 is 1. The second kappa shape index (κ2) is 3.26. The Bertz CT molecular complexity index is 273. The number of carbonyl (C=O) groups excluding carboxylic acids is 2.